The van der Waals surface area contributed by atoms with Crippen LogP contribution < -0.4 is 15.2 Å². The molecule has 1 fully saturated rings. The fourth-order valence-corrected chi connectivity index (χ4v) is 3.24. The van der Waals surface area contributed by atoms with E-state index in [0.29, 0.717) is 17.9 Å². The molecule has 2 rings (SSSR count). The molecule has 122 valence electrons. The van der Waals surface area contributed by atoms with Crippen LogP contribution in [0.1, 0.15) is 50.1 Å². The molecule has 1 unspecified atom stereocenters. The summed E-state index contributed by atoms with van der Waals surface area (Å²) in [4.78, 5) is 10.7. The highest BCUT2D eigenvalue weighted by molar-refractivity contribution is 9.10. The zero-order chi connectivity index (χ0) is 16.1. The van der Waals surface area contributed by atoms with E-state index in [2.05, 4.69) is 15.9 Å². The fourth-order valence-electron chi connectivity index (χ4n) is 2.69. The van der Waals surface area contributed by atoms with Gasteiger partial charge >= 0.3 is 5.97 Å². The molecule has 0 aliphatic heterocycles. The quantitative estimate of drug-likeness (QED) is 0.764. The van der Waals surface area contributed by atoms with Gasteiger partial charge in [-0.05, 0) is 65.7 Å². The lowest BCUT2D eigenvalue weighted by molar-refractivity contribution is -0.137. The standard InChI is InChI=1S/C16H22BrNO4/c1-21-14-9-10(13(18)6-7-15(19)20)8-12(17)16(14)22-11-4-2-3-5-11/h8-9,11,13H,2-7,18H2,1H3,(H,19,20). The van der Waals surface area contributed by atoms with Gasteiger partial charge in [0.1, 0.15) is 0 Å². The Morgan fingerprint density at radius 1 is 1.45 bits per heavy atom. The van der Waals surface area contributed by atoms with Crippen molar-refractivity contribution in [2.75, 3.05) is 7.11 Å². The minimum absolute atomic E-state index is 0.0431. The molecule has 0 amide bonds. The first-order valence-corrected chi connectivity index (χ1v) is 8.32. The van der Waals surface area contributed by atoms with Crippen molar-refractivity contribution in [1.29, 1.82) is 0 Å². The molecule has 1 aliphatic carbocycles. The summed E-state index contributed by atoms with van der Waals surface area (Å²) in [5, 5.41) is 8.76. The van der Waals surface area contributed by atoms with Crippen molar-refractivity contribution in [3.05, 3.63) is 22.2 Å². The summed E-state index contributed by atoms with van der Waals surface area (Å²) in [7, 11) is 1.59. The summed E-state index contributed by atoms with van der Waals surface area (Å²) in [6.45, 7) is 0. The molecule has 5 nitrogen and oxygen atoms in total. The number of carbonyl (C=O) groups is 1. The summed E-state index contributed by atoms with van der Waals surface area (Å²) in [6, 6.07) is 3.38. The second-order valence-electron chi connectivity index (χ2n) is 5.60. The van der Waals surface area contributed by atoms with Crippen molar-refractivity contribution in [3.63, 3.8) is 0 Å². The number of hydrogen-bond acceptors (Lipinski definition) is 4. The minimum atomic E-state index is -0.845. The number of halogens is 1. The number of nitrogens with two attached hydrogens (primary N) is 1. The monoisotopic (exact) mass is 371 g/mol. The highest BCUT2D eigenvalue weighted by Gasteiger charge is 2.21. The molecule has 22 heavy (non-hydrogen) atoms. The average molecular weight is 372 g/mol. The van der Waals surface area contributed by atoms with Crippen molar-refractivity contribution in [2.24, 2.45) is 5.73 Å². The molecule has 0 radical (unpaired) electrons. The molecule has 1 aliphatic rings. The Morgan fingerprint density at radius 3 is 2.73 bits per heavy atom. The molecule has 0 saturated heterocycles. The van der Waals surface area contributed by atoms with E-state index in [1.54, 1.807) is 7.11 Å². The van der Waals surface area contributed by atoms with Crippen LogP contribution in [-0.2, 0) is 4.79 Å². The van der Waals surface area contributed by atoms with Gasteiger partial charge in [0.25, 0.3) is 0 Å². The zero-order valence-corrected chi connectivity index (χ0v) is 14.3. The number of methoxy groups -OCH3 is 1. The highest BCUT2D eigenvalue weighted by Crippen LogP contribution is 2.40. The first-order valence-electron chi connectivity index (χ1n) is 7.52. The van der Waals surface area contributed by atoms with E-state index in [9.17, 15) is 4.79 Å². The number of rotatable bonds is 7. The minimum Gasteiger partial charge on any atom is -0.493 e. The van der Waals surface area contributed by atoms with Crippen LogP contribution in [0, 0.1) is 0 Å². The van der Waals surface area contributed by atoms with Crippen molar-refractivity contribution in [1.82, 2.24) is 0 Å². The van der Waals surface area contributed by atoms with Crippen molar-refractivity contribution in [2.45, 2.75) is 50.7 Å². The maximum absolute atomic E-state index is 10.7. The van der Waals surface area contributed by atoms with Gasteiger partial charge in [0.05, 0.1) is 17.7 Å². The molecule has 0 bridgehead atoms. The second kappa shape index (κ2) is 7.83. The molecule has 1 aromatic carbocycles. The second-order valence-corrected chi connectivity index (χ2v) is 6.45. The summed E-state index contributed by atoms with van der Waals surface area (Å²) in [5.41, 5.74) is 6.91. The largest absolute Gasteiger partial charge is 0.493 e. The van der Waals surface area contributed by atoms with Gasteiger partial charge < -0.3 is 20.3 Å². The van der Waals surface area contributed by atoms with Crippen molar-refractivity contribution >= 4 is 21.9 Å². The summed E-state index contributed by atoms with van der Waals surface area (Å²) >= 11 is 3.52. The molecule has 1 atom stereocenters. The van der Waals surface area contributed by atoms with E-state index >= 15 is 0 Å². The van der Waals surface area contributed by atoms with Gasteiger partial charge in [0.15, 0.2) is 11.5 Å². The molecule has 0 heterocycles. The summed E-state index contributed by atoms with van der Waals surface area (Å²) < 4.78 is 12.3. The lowest BCUT2D eigenvalue weighted by atomic mass is 10.0. The highest BCUT2D eigenvalue weighted by atomic mass is 79.9. The third-order valence-corrected chi connectivity index (χ3v) is 4.52. The molecule has 0 spiro atoms. The first kappa shape index (κ1) is 17.1. The number of hydrogen-bond donors (Lipinski definition) is 2. The van der Waals surface area contributed by atoms with Crippen LogP contribution in [0.5, 0.6) is 11.5 Å². The Labute approximate surface area is 138 Å². The average Bonchev–Trinajstić information content (AvgIpc) is 2.99. The van der Waals surface area contributed by atoms with Gasteiger partial charge in [-0.3, -0.25) is 4.79 Å². The summed E-state index contributed by atoms with van der Waals surface area (Å²) in [5.74, 6) is 0.480. The van der Waals surface area contributed by atoms with Gasteiger partial charge in [0, 0.05) is 12.5 Å². The molecular weight excluding hydrogens is 350 g/mol. The molecular formula is C16H22BrNO4. The molecule has 0 aromatic heterocycles. The third-order valence-electron chi connectivity index (χ3n) is 3.94. The lowest BCUT2D eigenvalue weighted by Gasteiger charge is -2.20. The number of carboxylic acid groups (broad SMARTS) is 1. The molecule has 1 aromatic rings. The normalized spacial score (nSPS) is 16.5. The van der Waals surface area contributed by atoms with E-state index in [0.717, 1.165) is 22.9 Å². The molecule has 3 N–H and O–H groups in total. The van der Waals surface area contributed by atoms with Crippen LogP contribution >= 0.6 is 15.9 Å². The predicted octanol–water partition coefficient (Wildman–Crippen LogP) is 3.64. The Balaban J connectivity index is 2.16. The van der Waals surface area contributed by atoms with E-state index < -0.39 is 5.97 Å². The smallest absolute Gasteiger partial charge is 0.303 e. The molecule has 1 saturated carbocycles. The van der Waals surface area contributed by atoms with Crippen LogP contribution in [0.3, 0.4) is 0 Å². The SMILES string of the molecule is COc1cc(C(N)CCC(=O)O)cc(Br)c1OC1CCCC1. The van der Waals surface area contributed by atoms with Gasteiger partial charge in [-0.2, -0.15) is 0 Å². The van der Waals surface area contributed by atoms with Crippen molar-refractivity contribution in [3.8, 4) is 11.5 Å². The summed E-state index contributed by atoms with van der Waals surface area (Å²) in [6.07, 6.45) is 5.18. The first-order chi connectivity index (χ1) is 10.5. The maximum Gasteiger partial charge on any atom is 0.303 e. The van der Waals surface area contributed by atoms with Gasteiger partial charge in [-0.1, -0.05) is 0 Å². The molecule has 6 heteroatoms. The van der Waals surface area contributed by atoms with E-state index in [1.807, 2.05) is 12.1 Å². The van der Waals surface area contributed by atoms with Gasteiger partial charge in [-0.15, -0.1) is 0 Å². The number of ether oxygens (including phenoxy) is 2. The Morgan fingerprint density at radius 2 is 2.14 bits per heavy atom. The van der Waals surface area contributed by atoms with Crippen LogP contribution in [0.4, 0.5) is 0 Å². The van der Waals surface area contributed by atoms with Crippen LogP contribution in [-0.4, -0.2) is 24.3 Å². The van der Waals surface area contributed by atoms with E-state index in [4.69, 9.17) is 20.3 Å². The fraction of sp³-hybridized carbons (Fsp3) is 0.562. The van der Waals surface area contributed by atoms with Crippen LogP contribution in [0.25, 0.3) is 0 Å². The Kier molecular flexibility index (Phi) is 6.08. The zero-order valence-electron chi connectivity index (χ0n) is 12.7. The maximum atomic E-state index is 10.7. The number of carboxylic acids is 1. The predicted molar refractivity (Wildman–Crippen MR) is 87.4 cm³/mol. The van der Waals surface area contributed by atoms with E-state index in [1.165, 1.54) is 12.8 Å². The van der Waals surface area contributed by atoms with Crippen LogP contribution in [0.15, 0.2) is 16.6 Å². The lowest BCUT2D eigenvalue weighted by Crippen LogP contribution is -2.14. The Bertz CT molecular complexity index is 529. The topological polar surface area (TPSA) is 81.8 Å². The van der Waals surface area contributed by atoms with Gasteiger partial charge in [-0.25, -0.2) is 0 Å². The van der Waals surface area contributed by atoms with Crippen LogP contribution in [0.2, 0.25) is 0 Å². The number of aliphatic carboxylic acids is 1. The third kappa shape index (κ3) is 4.36. The van der Waals surface area contributed by atoms with E-state index in [-0.39, 0.29) is 18.6 Å². The Hall–Kier alpha value is -1.27. The number of benzene rings is 1. The van der Waals surface area contributed by atoms with Gasteiger partial charge in [0.2, 0.25) is 0 Å². The van der Waals surface area contributed by atoms with Crippen molar-refractivity contribution < 1.29 is 19.4 Å².